The van der Waals surface area contributed by atoms with Gasteiger partial charge in [0.25, 0.3) is 0 Å². The van der Waals surface area contributed by atoms with Crippen molar-refractivity contribution >= 4 is 29.3 Å². The Bertz CT molecular complexity index is 1420. The van der Waals surface area contributed by atoms with E-state index >= 15 is 0 Å². The lowest BCUT2D eigenvalue weighted by molar-refractivity contribution is 0.528. The van der Waals surface area contributed by atoms with Gasteiger partial charge < -0.3 is 10.2 Å². The largest absolute Gasteiger partial charge is 0.420 e. The van der Waals surface area contributed by atoms with E-state index in [1.807, 2.05) is 54.0 Å². The number of aromatic nitrogens is 7. The van der Waals surface area contributed by atoms with E-state index in [0.717, 1.165) is 11.1 Å². The molecule has 11 heteroatoms. The number of rotatable bonds is 6. The van der Waals surface area contributed by atoms with E-state index in [0.29, 0.717) is 44.9 Å². The van der Waals surface area contributed by atoms with Crippen LogP contribution in [0, 0.1) is 6.92 Å². The van der Waals surface area contributed by atoms with Crippen LogP contribution in [0.4, 0.5) is 5.95 Å². The van der Waals surface area contributed by atoms with Gasteiger partial charge in [0.1, 0.15) is 5.69 Å². The highest BCUT2D eigenvalue weighted by molar-refractivity contribution is 7.98. The zero-order valence-electron chi connectivity index (χ0n) is 17.4. The van der Waals surface area contributed by atoms with Crippen molar-refractivity contribution in [1.29, 1.82) is 0 Å². The van der Waals surface area contributed by atoms with Gasteiger partial charge >= 0.3 is 0 Å². The Labute approximate surface area is 198 Å². The Kier molecular flexibility index (Phi) is 5.76. The van der Waals surface area contributed by atoms with E-state index in [-0.39, 0.29) is 5.95 Å². The van der Waals surface area contributed by atoms with Gasteiger partial charge in [0.2, 0.25) is 17.7 Å². The molecule has 9 nitrogen and oxygen atoms in total. The number of halogens is 1. The molecule has 164 valence electrons. The molecule has 0 amide bonds. The van der Waals surface area contributed by atoms with Crippen molar-refractivity contribution in [3.8, 4) is 28.7 Å². The maximum absolute atomic E-state index is 6.49. The fourth-order valence-electron chi connectivity index (χ4n) is 3.13. The molecule has 3 heterocycles. The Hall–Kier alpha value is -3.76. The van der Waals surface area contributed by atoms with Gasteiger partial charge in [-0.15, -0.1) is 20.4 Å². The standard InChI is InChI=1S/C22H17ClN8OS/c1-13-6-8-14(9-7-13)20-29-27-18(32-20)12-33-22-30-28-19(16-10-11-25-21(24)26-16)31(22)17-5-3-2-4-15(17)23/h2-11H,12H2,1H3,(H2,24,25,26). The average Bonchev–Trinajstić information content (AvgIpc) is 3.46. The third-order valence-corrected chi connectivity index (χ3v) is 5.95. The van der Waals surface area contributed by atoms with Gasteiger partial charge in [-0.3, -0.25) is 4.57 Å². The molecule has 2 aromatic carbocycles. The summed E-state index contributed by atoms with van der Waals surface area (Å²) in [5.41, 5.74) is 9.05. The van der Waals surface area contributed by atoms with Gasteiger partial charge in [0.15, 0.2) is 11.0 Å². The quantitative estimate of drug-likeness (QED) is 0.350. The van der Waals surface area contributed by atoms with Crippen LogP contribution in [0.25, 0.3) is 28.7 Å². The minimum Gasteiger partial charge on any atom is -0.420 e. The smallest absolute Gasteiger partial charge is 0.247 e. The number of para-hydroxylation sites is 1. The number of thioether (sulfide) groups is 1. The molecule has 0 spiro atoms. The number of anilines is 1. The van der Waals surface area contributed by atoms with Crippen molar-refractivity contribution < 1.29 is 4.42 Å². The van der Waals surface area contributed by atoms with Crippen LogP contribution < -0.4 is 5.73 Å². The van der Waals surface area contributed by atoms with E-state index in [2.05, 4.69) is 30.4 Å². The van der Waals surface area contributed by atoms with Crippen LogP contribution in [-0.4, -0.2) is 34.9 Å². The average molecular weight is 477 g/mol. The van der Waals surface area contributed by atoms with Crippen molar-refractivity contribution in [2.75, 3.05) is 5.73 Å². The third-order valence-electron chi connectivity index (χ3n) is 4.72. The first-order chi connectivity index (χ1) is 16.1. The van der Waals surface area contributed by atoms with Gasteiger partial charge in [-0.25, -0.2) is 9.97 Å². The lowest BCUT2D eigenvalue weighted by Gasteiger charge is -2.11. The summed E-state index contributed by atoms with van der Waals surface area (Å²) in [5, 5.41) is 18.2. The minimum absolute atomic E-state index is 0.143. The highest BCUT2D eigenvalue weighted by Gasteiger charge is 2.20. The van der Waals surface area contributed by atoms with Crippen molar-refractivity contribution in [1.82, 2.24) is 34.9 Å². The highest BCUT2D eigenvalue weighted by Crippen LogP contribution is 2.32. The monoisotopic (exact) mass is 476 g/mol. The number of hydrogen-bond donors (Lipinski definition) is 1. The highest BCUT2D eigenvalue weighted by atomic mass is 35.5. The first kappa shape index (κ1) is 21.1. The Morgan fingerprint density at radius 1 is 1.00 bits per heavy atom. The lowest BCUT2D eigenvalue weighted by atomic mass is 10.1. The molecule has 0 aliphatic rings. The van der Waals surface area contributed by atoms with Gasteiger partial charge in [0.05, 0.1) is 16.5 Å². The second-order valence-corrected chi connectivity index (χ2v) is 8.40. The molecule has 0 saturated heterocycles. The second-order valence-electron chi connectivity index (χ2n) is 7.05. The second kappa shape index (κ2) is 9.00. The first-order valence-electron chi connectivity index (χ1n) is 9.90. The number of hydrogen-bond acceptors (Lipinski definition) is 9. The number of nitrogens with two attached hydrogens (primary N) is 1. The van der Waals surface area contributed by atoms with Crippen LogP contribution >= 0.6 is 23.4 Å². The predicted molar refractivity (Wildman–Crippen MR) is 126 cm³/mol. The molecule has 5 rings (SSSR count). The zero-order chi connectivity index (χ0) is 22.8. The Balaban J connectivity index is 1.46. The van der Waals surface area contributed by atoms with Gasteiger partial charge in [0, 0.05) is 11.8 Å². The number of benzene rings is 2. The summed E-state index contributed by atoms with van der Waals surface area (Å²) in [6, 6.07) is 17.1. The topological polar surface area (TPSA) is 121 Å². The van der Waals surface area contributed by atoms with Crippen LogP contribution in [0.1, 0.15) is 11.5 Å². The summed E-state index contributed by atoms with van der Waals surface area (Å²) in [6.07, 6.45) is 1.57. The summed E-state index contributed by atoms with van der Waals surface area (Å²) in [7, 11) is 0. The van der Waals surface area contributed by atoms with Crippen LogP contribution in [0.5, 0.6) is 0 Å². The van der Waals surface area contributed by atoms with Crippen LogP contribution in [0.3, 0.4) is 0 Å². The molecule has 2 N–H and O–H groups in total. The van der Waals surface area contributed by atoms with Crippen molar-refractivity contribution in [3.05, 3.63) is 77.3 Å². The molecular formula is C22H17ClN8OS. The first-order valence-corrected chi connectivity index (χ1v) is 11.3. The molecule has 5 aromatic rings. The molecule has 0 bridgehead atoms. The molecule has 33 heavy (non-hydrogen) atoms. The van der Waals surface area contributed by atoms with Crippen LogP contribution in [0.2, 0.25) is 5.02 Å². The number of nitrogen functional groups attached to an aromatic ring is 1. The third kappa shape index (κ3) is 4.43. The zero-order valence-corrected chi connectivity index (χ0v) is 19.0. The fraction of sp³-hybridized carbons (Fsp3) is 0.0909. The van der Waals surface area contributed by atoms with E-state index in [1.54, 1.807) is 18.3 Å². The van der Waals surface area contributed by atoms with Crippen LogP contribution in [-0.2, 0) is 5.75 Å². The lowest BCUT2D eigenvalue weighted by Crippen LogP contribution is -2.03. The van der Waals surface area contributed by atoms with E-state index in [1.165, 1.54) is 11.8 Å². The van der Waals surface area contributed by atoms with Crippen molar-refractivity contribution in [2.24, 2.45) is 0 Å². The molecule has 0 unspecified atom stereocenters. The summed E-state index contributed by atoms with van der Waals surface area (Å²) >= 11 is 7.89. The fourth-order valence-corrected chi connectivity index (χ4v) is 4.13. The van der Waals surface area contributed by atoms with Gasteiger partial charge in [-0.2, -0.15) is 0 Å². The summed E-state index contributed by atoms with van der Waals surface area (Å²) in [4.78, 5) is 8.23. The summed E-state index contributed by atoms with van der Waals surface area (Å²) < 4.78 is 7.67. The molecule has 0 radical (unpaired) electrons. The van der Waals surface area contributed by atoms with Gasteiger partial charge in [-0.05, 0) is 37.3 Å². The molecule has 0 saturated carbocycles. The molecular weight excluding hydrogens is 460 g/mol. The van der Waals surface area contributed by atoms with Crippen molar-refractivity contribution in [3.63, 3.8) is 0 Å². The molecule has 3 aromatic heterocycles. The van der Waals surface area contributed by atoms with Gasteiger partial charge in [-0.1, -0.05) is 53.2 Å². The van der Waals surface area contributed by atoms with E-state index < -0.39 is 0 Å². The van der Waals surface area contributed by atoms with Crippen LogP contribution in [0.15, 0.2) is 70.4 Å². The normalized spacial score (nSPS) is 11.1. The molecule has 0 aliphatic carbocycles. The maximum Gasteiger partial charge on any atom is 0.247 e. The predicted octanol–water partition coefficient (Wildman–Crippen LogP) is 4.61. The Morgan fingerprint density at radius 3 is 2.61 bits per heavy atom. The van der Waals surface area contributed by atoms with E-state index in [9.17, 15) is 0 Å². The minimum atomic E-state index is 0.143. The number of aryl methyl sites for hydroxylation is 1. The van der Waals surface area contributed by atoms with E-state index in [4.69, 9.17) is 21.8 Å². The Morgan fingerprint density at radius 2 is 1.82 bits per heavy atom. The summed E-state index contributed by atoms with van der Waals surface area (Å²) in [5.74, 6) is 1.97. The maximum atomic E-state index is 6.49. The van der Waals surface area contributed by atoms with Crippen molar-refractivity contribution in [2.45, 2.75) is 17.8 Å². The SMILES string of the molecule is Cc1ccc(-c2nnc(CSc3nnc(-c4ccnc(N)n4)n3-c3ccccc3Cl)o2)cc1. The molecule has 0 aliphatic heterocycles. The summed E-state index contributed by atoms with van der Waals surface area (Å²) in [6.45, 7) is 2.03. The molecule has 0 fully saturated rings. The number of nitrogens with zero attached hydrogens (tertiary/aromatic N) is 7. The molecule has 0 atom stereocenters.